The Morgan fingerprint density at radius 3 is 2.52 bits per heavy atom. The molecule has 1 aliphatic heterocycles. The minimum absolute atomic E-state index is 0. The lowest BCUT2D eigenvalue weighted by Gasteiger charge is -2.34. The fourth-order valence-corrected chi connectivity index (χ4v) is 3.50. The van der Waals surface area contributed by atoms with E-state index in [-0.39, 0.29) is 25.8 Å². The van der Waals surface area contributed by atoms with E-state index in [4.69, 9.17) is 0 Å². The van der Waals surface area contributed by atoms with Gasteiger partial charge in [0, 0.05) is 5.69 Å². The number of rotatable bonds is 5. The molecule has 1 aromatic rings. The van der Waals surface area contributed by atoms with Crippen LogP contribution in [-0.2, 0) is 4.79 Å². The average molecular weight is 339 g/mol. The van der Waals surface area contributed by atoms with Gasteiger partial charge in [0.1, 0.15) is 0 Å². The Morgan fingerprint density at radius 1 is 1.26 bits per heavy atom. The third-order valence-corrected chi connectivity index (χ3v) is 4.64. The molecule has 1 aliphatic rings. The zero-order valence-electron chi connectivity index (χ0n) is 15.9. The van der Waals surface area contributed by atoms with Crippen LogP contribution in [0.15, 0.2) is 12.1 Å². The van der Waals surface area contributed by atoms with Crippen molar-refractivity contribution in [3.8, 4) is 0 Å². The fourth-order valence-electron chi connectivity index (χ4n) is 3.50. The van der Waals surface area contributed by atoms with Crippen LogP contribution >= 0.6 is 0 Å². The Kier molecular flexibility index (Phi) is 8.07. The van der Waals surface area contributed by atoms with Gasteiger partial charge in [-0.2, -0.15) is 0 Å². The first kappa shape index (κ1) is 20.0. The van der Waals surface area contributed by atoms with E-state index < -0.39 is 0 Å². The first-order chi connectivity index (χ1) is 10.5. The predicted molar refractivity (Wildman–Crippen MR) is 94.5 cm³/mol. The van der Waals surface area contributed by atoms with Gasteiger partial charge in [-0.1, -0.05) is 37.5 Å². The van der Waals surface area contributed by atoms with E-state index in [0.29, 0.717) is 0 Å². The van der Waals surface area contributed by atoms with Crippen LogP contribution in [0.3, 0.4) is 0 Å². The number of aryl methyl sites for hydroxylation is 3. The van der Waals surface area contributed by atoms with Gasteiger partial charge in [0.05, 0.1) is 6.04 Å². The van der Waals surface area contributed by atoms with Crippen molar-refractivity contribution in [2.24, 2.45) is 0 Å². The number of unbranched alkanes of at least 4 members (excludes halogenated alkanes) is 1. The third kappa shape index (κ3) is 5.22. The summed E-state index contributed by atoms with van der Waals surface area (Å²) >= 11 is 0. The van der Waals surface area contributed by atoms with Gasteiger partial charge in [-0.15, -0.1) is 0 Å². The van der Waals surface area contributed by atoms with E-state index in [2.05, 4.69) is 50.0 Å². The molecule has 0 aromatic heterocycles. The minimum atomic E-state index is 0. The van der Waals surface area contributed by atoms with Gasteiger partial charge >= 0.3 is 1.43 Å². The van der Waals surface area contributed by atoms with Gasteiger partial charge in [-0.25, -0.2) is 0 Å². The second kappa shape index (κ2) is 9.29. The van der Waals surface area contributed by atoms with Crippen LogP contribution in [0.4, 0.5) is 5.69 Å². The molecule has 0 saturated carbocycles. The Morgan fingerprint density at radius 2 is 1.91 bits per heavy atom. The first-order valence-electron chi connectivity index (χ1n) is 8.65. The number of anilines is 1. The highest BCUT2D eigenvalue weighted by molar-refractivity contribution is 5.96. The molecule has 0 radical (unpaired) electrons. The summed E-state index contributed by atoms with van der Waals surface area (Å²) < 4.78 is 0. The Hall–Kier alpha value is -1.06. The van der Waals surface area contributed by atoms with Crippen LogP contribution in [-0.4, -0.2) is 29.9 Å². The summed E-state index contributed by atoms with van der Waals surface area (Å²) in [6, 6.07) is 4.32. The van der Waals surface area contributed by atoms with Crippen LogP contribution in [0.1, 0.15) is 57.1 Å². The largest absolute Gasteiger partial charge is 1.00 e. The van der Waals surface area contributed by atoms with Crippen molar-refractivity contribution >= 4 is 11.6 Å². The van der Waals surface area contributed by atoms with Crippen molar-refractivity contribution < 1.29 is 18.6 Å². The van der Waals surface area contributed by atoms with Crippen molar-refractivity contribution in [1.29, 1.82) is 0 Å². The zero-order chi connectivity index (χ0) is 16.1. The van der Waals surface area contributed by atoms with E-state index in [0.717, 1.165) is 42.7 Å². The predicted octanol–water partition coefficient (Wildman–Crippen LogP) is 1.32. The van der Waals surface area contributed by atoms with Crippen molar-refractivity contribution in [3.63, 3.8) is 0 Å². The first-order valence-corrected chi connectivity index (χ1v) is 8.65. The van der Waals surface area contributed by atoms with Crippen LogP contribution in [0.5, 0.6) is 0 Å². The highest BCUT2D eigenvalue weighted by Gasteiger charge is 2.28. The molecule has 1 fully saturated rings. The summed E-state index contributed by atoms with van der Waals surface area (Å²) in [7, 11) is 0. The smallest absolute Gasteiger partial charge is 1.00 e. The number of carbonyl (C=O) groups is 1. The summed E-state index contributed by atoms with van der Waals surface area (Å²) in [6.07, 6.45) is 5.72. The molecule has 0 bridgehead atoms. The van der Waals surface area contributed by atoms with E-state index >= 15 is 0 Å². The van der Waals surface area contributed by atoms with Crippen molar-refractivity contribution in [2.45, 2.75) is 65.8 Å². The van der Waals surface area contributed by atoms with E-state index in [1.165, 1.54) is 24.8 Å². The Bertz CT molecular complexity index is 513. The van der Waals surface area contributed by atoms with Gasteiger partial charge in [-0.3, -0.25) is 9.69 Å². The minimum Gasteiger partial charge on any atom is -1.00 e. The molecule has 1 saturated heterocycles. The average Bonchev–Trinajstić information content (AvgIpc) is 2.48. The normalized spacial score (nSPS) is 18.3. The zero-order valence-corrected chi connectivity index (χ0v) is 15.7. The molecule has 2 rings (SSSR count). The van der Waals surface area contributed by atoms with Crippen LogP contribution in [0.25, 0.3) is 0 Å². The molecular formula is C19H31ClN2O. The third-order valence-electron chi connectivity index (χ3n) is 4.64. The number of piperidine rings is 1. The molecule has 0 spiro atoms. The summed E-state index contributed by atoms with van der Waals surface area (Å²) in [5.41, 5.74) is 4.55. The van der Waals surface area contributed by atoms with Gasteiger partial charge in [-0.05, 0) is 64.3 Å². The van der Waals surface area contributed by atoms with E-state index in [1.807, 2.05) is 0 Å². The molecule has 130 valence electrons. The fraction of sp³-hybridized carbons (Fsp3) is 0.632. The number of benzene rings is 1. The van der Waals surface area contributed by atoms with Gasteiger partial charge in [0.15, 0.2) is 0 Å². The molecule has 1 atom stereocenters. The SMILES string of the molecule is CCCCN1CCCCC1C(=O)Nc1c(C)cc(C)cc1C.[Cl-].[H+]. The molecule has 1 aromatic carbocycles. The number of nitrogens with one attached hydrogen (secondary N) is 1. The van der Waals surface area contributed by atoms with Crippen LogP contribution in [0.2, 0.25) is 0 Å². The quantitative estimate of drug-likeness (QED) is 0.878. The lowest BCUT2D eigenvalue weighted by Crippen LogP contribution is -3.00. The lowest BCUT2D eigenvalue weighted by atomic mass is 9.99. The topological polar surface area (TPSA) is 32.3 Å². The van der Waals surface area contributed by atoms with Crippen LogP contribution in [0, 0.1) is 20.8 Å². The molecule has 1 unspecified atom stereocenters. The maximum absolute atomic E-state index is 12.8. The molecule has 4 heteroatoms. The number of halogens is 1. The molecule has 1 amide bonds. The second-order valence-electron chi connectivity index (χ2n) is 6.66. The Balaban J connectivity index is 0.00000264. The number of hydrogen-bond donors (Lipinski definition) is 1. The van der Waals surface area contributed by atoms with Crippen molar-refractivity contribution in [1.82, 2.24) is 4.90 Å². The summed E-state index contributed by atoms with van der Waals surface area (Å²) in [5.74, 6) is 0.172. The molecule has 0 aliphatic carbocycles. The highest BCUT2D eigenvalue weighted by atomic mass is 35.5. The number of carbonyl (C=O) groups excluding carboxylic acids is 1. The molecule has 3 nitrogen and oxygen atoms in total. The Labute approximate surface area is 148 Å². The standard InChI is InChI=1S/C19H30N2O.ClH/c1-5-6-10-21-11-8-7-9-17(21)19(22)20-18-15(3)12-14(2)13-16(18)4;/h12-13,17H,5-11H2,1-4H3,(H,20,22);1H. The van der Waals surface area contributed by atoms with Gasteiger partial charge in [0.2, 0.25) is 5.91 Å². The number of amides is 1. The van der Waals surface area contributed by atoms with Crippen LogP contribution < -0.4 is 17.7 Å². The van der Waals surface area contributed by atoms with Gasteiger partial charge < -0.3 is 17.7 Å². The number of hydrogen-bond acceptors (Lipinski definition) is 2. The summed E-state index contributed by atoms with van der Waals surface area (Å²) in [6.45, 7) is 10.6. The lowest BCUT2D eigenvalue weighted by molar-refractivity contribution is -0.122. The molecule has 1 N–H and O–H groups in total. The van der Waals surface area contributed by atoms with Crippen molar-refractivity contribution in [3.05, 3.63) is 28.8 Å². The second-order valence-corrected chi connectivity index (χ2v) is 6.66. The maximum Gasteiger partial charge on any atom is 1.00 e. The monoisotopic (exact) mass is 338 g/mol. The summed E-state index contributed by atoms with van der Waals surface area (Å²) in [5, 5.41) is 3.20. The van der Waals surface area contributed by atoms with E-state index in [9.17, 15) is 4.79 Å². The molecule has 1 heterocycles. The number of nitrogens with zero attached hydrogens (tertiary/aromatic N) is 1. The van der Waals surface area contributed by atoms with Crippen molar-refractivity contribution in [2.75, 3.05) is 18.4 Å². The summed E-state index contributed by atoms with van der Waals surface area (Å²) in [4.78, 5) is 15.2. The highest BCUT2D eigenvalue weighted by Crippen LogP contribution is 2.24. The number of likely N-dealkylation sites (tertiary alicyclic amines) is 1. The van der Waals surface area contributed by atoms with Gasteiger partial charge in [0.25, 0.3) is 0 Å². The molecule has 23 heavy (non-hydrogen) atoms. The van der Waals surface area contributed by atoms with E-state index in [1.54, 1.807) is 0 Å². The maximum atomic E-state index is 12.8. The molecular weight excluding hydrogens is 308 g/mol.